The van der Waals surface area contributed by atoms with Gasteiger partial charge < -0.3 is 4.90 Å². The molecule has 0 spiro atoms. The molecule has 1 heterocycles. The third-order valence-electron chi connectivity index (χ3n) is 2.89. The number of benzene rings is 1. The fourth-order valence-corrected chi connectivity index (χ4v) is 2.30. The number of halogens is 1. The van der Waals surface area contributed by atoms with Gasteiger partial charge in [-0.05, 0) is 40.5 Å². The van der Waals surface area contributed by atoms with Gasteiger partial charge in [0.15, 0.2) is 0 Å². The summed E-state index contributed by atoms with van der Waals surface area (Å²) in [6, 6.07) is 10.4. The summed E-state index contributed by atoms with van der Waals surface area (Å²) in [6.07, 6.45) is 1.96. The standard InChI is InChI=1S/C15H18BrN3/c1-4-5-15-17-13(10-14(16)18-15)11-6-8-12(9-7-11)19(2)3/h6-10H,4-5H2,1-3H3. The van der Waals surface area contributed by atoms with Crippen LogP contribution in [0.15, 0.2) is 34.9 Å². The Morgan fingerprint density at radius 2 is 1.79 bits per heavy atom. The zero-order valence-corrected chi connectivity index (χ0v) is 13.1. The molecule has 0 amide bonds. The van der Waals surface area contributed by atoms with Gasteiger partial charge in [0.2, 0.25) is 0 Å². The lowest BCUT2D eigenvalue weighted by Crippen LogP contribution is -2.08. The summed E-state index contributed by atoms with van der Waals surface area (Å²) in [5, 5.41) is 0. The number of anilines is 1. The van der Waals surface area contributed by atoms with Gasteiger partial charge in [-0.2, -0.15) is 0 Å². The molecule has 0 fully saturated rings. The van der Waals surface area contributed by atoms with Crippen molar-refractivity contribution < 1.29 is 0 Å². The summed E-state index contributed by atoms with van der Waals surface area (Å²) < 4.78 is 0.845. The van der Waals surface area contributed by atoms with E-state index in [-0.39, 0.29) is 0 Å². The quantitative estimate of drug-likeness (QED) is 0.800. The maximum Gasteiger partial charge on any atom is 0.130 e. The minimum absolute atomic E-state index is 0.845. The second-order valence-corrected chi connectivity index (χ2v) is 5.50. The molecule has 0 unspecified atom stereocenters. The minimum atomic E-state index is 0.845. The molecule has 100 valence electrons. The van der Waals surface area contributed by atoms with Crippen LogP contribution in [0.4, 0.5) is 5.69 Å². The molecule has 0 saturated heterocycles. The number of nitrogens with zero attached hydrogens (tertiary/aromatic N) is 3. The molecule has 3 nitrogen and oxygen atoms in total. The van der Waals surface area contributed by atoms with Gasteiger partial charge in [0.1, 0.15) is 10.4 Å². The van der Waals surface area contributed by atoms with Crippen molar-refractivity contribution in [2.45, 2.75) is 19.8 Å². The van der Waals surface area contributed by atoms with E-state index < -0.39 is 0 Å². The van der Waals surface area contributed by atoms with Crippen LogP contribution >= 0.6 is 15.9 Å². The molecular formula is C15H18BrN3. The molecule has 4 heteroatoms. The van der Waals surface area contributed by atoms with E-state index in [0.717, 1.165) is 34.5 Å². The second kappa shape index (κ2) is 6.15. The summed E-state index contributed by atoms with van der Waals surface area (Å²) >= 11 is 3.46. The number of aromatic nitrogens is 2. The van der Waals surface area contributed by atoms with E-state index in [4.69, 9.17) is 0 Å². The van der Waals surface area contributed by atoms with Crippen molar-refractivity contribution in [3.05, 3.63) is 40.8 Å². The van der Waals surface area contributed by atoms with Crippen LogP contribution in [0.2, 0.25) is 0 Å². The molecule has 1 aromatic heterocycles. The molecular weight excluding hydrogens is 302 g/mol. The lowest BCUT2D eigenvalue weighted by Gasteiger charge is -2.12. The summed E-state index contributed by atoms with van der Waals surface area (Å²) in [5.41, 5.74) is 3.27. The van der Waals surface area contributed by atoms with Crippen LogP contribution in [0.5, 0.6) is 0 Å². The van der Waals surface area contributed by atoms with E-state index in [1.807, 2.05) is 20.2 Å². The highest BCUT2D eigenvalue weighted by Gasteiger charge is 2.05. The maximum atomic E-state index is 4.61. The van der Waals surface area contributed by atoms with Crippen LogP contribution in [0.25, 0.3) is 11.3 Å². The zero-order valence-electron chi connectivity index (χ0n) is 11.5. The van der Waals surface area contributed by atoms with Gasteiger partial charge in [0.05, 0.1) is 5.69 Å². The Hall–Kier alpha value is -1.42. The highest BCUT2D eigenvalue weighted by Crippen LogP contribution is 2.23. The van der Waals surface area contributed by atoms with Crippen molar-refractivity contribution in [2.75, 3.05) is 19.0 Å². The van der Waals surface area contributed by atoms with E-state index in [0.29, 0.717) is 0 Å². The van der Waals surface area contributed by atoms with Gasteiger partial charge in [-0.15, -0.1) is 0 Å². The summed E-state index contributed by atoms with van der Waals surface area (Å²) in [5.74, 6) is 0.892. The fourth-order valence-electron chi connectivity index (χ4n) is 1.88. The molecule has 0 N–H and O–H groups in total. The van der Waals surface area contributed by atoms with Crippen molar-refractivity contribution in [3.63, 3.8) is 0 Å². The number of hydrogen-bond donors (Lipinski definition) is 0. The predicted molar refractivity (Wildman–Crippen MR) is 83.5 cm³/mol. The molecule has 0 aliphatic rings. The molecule has 0 atom stereocenters. The first-order chi connectivity index (χ1) is 9.10. The van der Waals surface area contributed by atoms with E-state index in [2.05, 4.69) is 62.0 Å². The van der Waals surface area contributed by atoms with Crippen molar-refractivity contribution in [2.24, 2.45) is 0 Å². The van der Waals surface area contributed by atoms with Crippen LogP contribution in [-0.4, -0.2) is 24.1 Å². The maximum absolute atomic E-state index is 4.61. The normalized spacial score (nSPS) is 10.5. The van der Waals surface area contributed by atoms with Crippen LogP contribution in [0, 0.1) is 0 Å². The Bertz CT molecular complexity index is 550. The van der Waals surface area contributed by atoms with Crippen molar-refractivity contribution in [3.8, 4) is 11.3 Å². The molecule has 2 rings (SSSR count). The van der Waals surface area contributed by atoms with Crippen LogP contribution in [-0.2, 0) is 6.42 Å². The molecule has 0 aliphatic carbocycles. The minimum Gasteiger partial charge on any atom is -0.378 e. The highest BCUT2D eigenvalue weighted by atomic mass is 79.9. The Morgan fingerprint density at radius 1 is 1.11 bits per heavy atom. The van der Waals surface area contributed by atoms with Gasteiger partial charge in [-0.3, -0.25) is 0 Å². The first-order valence-electron chi connectivity index (χ1n) is 6.41. The summed E-state index contributed by atoms with van der Waals surface area (Å²) in [7, 11) is 4.07. The van der Waals surface area contributed by atoms with Gasteiger partial charge in [0.25, 0.3) is 0 Å². The SMILES string of the molecule is CCCc1nc(Br)cc(-c2ccc(N(C)C)cc2)n1. The first kappa shape index (κ1) is 14.0. The van der Waals surface area contributed by atoms with Crippen molar-refractivity contribution in [1.82, 2.24) is 9.97 Å². The summed E-state index contributed by atoms with van der Waals surface area (Å²) in [6.45, 7) is 2.13. The van der Waals surface area contributed by atoms with Crippen molar-refractivity contribution in [1.29, 1.82) is 0 Å². The topological polar surface area (TPSA) is 29.0 Å². The molecule has 0 saturated carbocycles. The third kappa shape index (κ3) is 3.53. The lowest BCUT2D eigenvalue weighted by molar-refractivity contribution is 0.831. The van der Waals surface area contributed by atoms with E-state index in [1.165, 1.54) is 5.69 Å². The van der Waals surface area contributed by atoms with Crippen LogP contribution in [0.1, 0.15) is 19.2 Å². The third-order valence-corrected chi connectivity index (χ3v) is 3.30. The predicted octanol–water partition coefficient (Wildman–Crippen LogP) is 3.92. The van der Waals surface area contributed by atoms with E-state index >= 15 is 0 Å². The molecule has 19 heavy (non-hydrogen) atoms. The Balaban J connectivity index is 2.35. The zero-order chi connectivity index (χ0) is 13.8. The molecule has 2 aromatic rings. The number of aryl methyl sites for hydroxylation is 1. The number of hydrogen-bond acceptors (Lipinski definition) is 3. The monoisotopic (exact) mass is 319 g/mol. The van der Waals surface area contributed by atoms with Gasteiger partial charge in [-0.25, -0.2) is 9.97 Å². The molecule has 0 radical (unpaired) electrons. The number of rotatable bonds is 4. The van der Waals surface area contributed by atoms with E-state index in [9.17, 15) is 0 Å². The largest absolute Gasteiger partial charge is 0.378 e. The molecule has 0 bridgehead atoms. The Labute approximate surface area is 122 Å². The average Bonchev–Trinajstić information content (AvgIpc) is 2.38. The highest BCUT2D eigenvalue weighted by molar-refractivity contribution is 9.10. The van der Waals surface area contributed by atoms with Crippen LogP contribution < -0.4 is 4.90 Å². The fraction of sp³-hybridized carbons (Fsp3) is 0.333. The summed E-state index contributed by atoms with van der Waals surface area (Å²) in [4.78, 5) is 11.1. The van der Waals surface area contributed by atoms with Gasteiger partial charge in [0, 0.05) is 31.8 Å². The van der Waals surface area contributed by atoms with Crippen molar-refractivity contribution >= 4 is 21.6 Å². The molecule has 1 aromatic carbocycles. The van der Waals surface area contributed by atoms with Gasteiger partial charge >= 0.3 is 0 Å². The van der Waals surface area contributed by atoms with Gasteiger partial charge in [-0.1, -0.05) is 19.1 Å². The molecule has 0 aliphatic heterocycles. The Morgan fingerprint density at radius 3 is 2.37 bits per heavy atom. The smallest absolute Gasteiger partial charge is 0.130 e. The average molecular weight is 320 g/mol. The lowest BCUT2D eigenvalue weighted by atomic mass is 10.1. The Kier molecular flexibility index (Phi) is 4.53. The van der Waals surface area contributed by atoms with E-state index in [1.54, 1.807) is 0 Å². The first-order valence-corrected chi connectivity index (χ1v) is 7.20. The second-order valence-electron chi connectivity index (χ2n) is 4.68. The van der Waals surface area contributed by atoms with Crippen LogP contribution in [0.3, 0.4) is 0 Å².